The molecule has 5 aliphatic rings. The number of rotatable bonds is 1. The van der Waals surface area contributed by atoms with Gasteiger partial charge in [-0.05, 0) is 76.3 Å². The molecule has 0 radical (unpaired) electrons. The van der Waals surface area contributed by atoms with Crippen molar-refractivity contribution in [2.24, 2.45) is 11.8 Å². The molecule has 17 heavy (non-hydrogen) atoms. The molecule has 4 bridgehead atoms. The molecule has 2 unspecified atom stereocenters. The minimum atomic E-state index is -0.271. The molecule has 2 nitrogen and oxygen atoms in total. The van der Waals surface area contributed by atoms with Gasteiger partial charge in [0.25, 0.3) is 0 Å². The summed E-state index contributed by atoms with van der Waals surface area (Å²) in [5.41, 5.74) is 0.155. The van der Waals surface area contributed by atoms with Crippen LogP contribution in [0.5, 0.6) is 0 Å². The maximum absolute atomic E-state index is 10.7. The molecular weight excluding hydrogens is 234 g/mol. The lowest BCUT2D eigenvalue weighted by Gasteiger charge is -2.63. The third-order valence-electron chi connectivity index (χ3n) is 5.78. The van der Waals surface area contributed by atoms with Crippen LogP contribution in [-0.2, 0) is 0 Å². The fraction of sp³-hybridized carbons (Fsp3) is 1.00. The van der Waals surface area contributed by atoms with Crippen LogP contribution in [0, 0.1) is 11.8 Å². The summed E-state index contributed by atoms with van der Waals surface area (Å²) in [7, 11) is 0. The van der Waals surface area contributed by atoms with Crippen LogP contribution >= 0.6 is 12.4 Å². The molecule has 0 spiro atoms. The van der Waals surface area contributed by atoms with Gasteiger partial charge in [0, 0.05) is 5.54 Å². The summed E-state index contributed by atoms with van der Waals surface area (Å²) >= 11 is 0. The molecule has 5 rings (SSSR count). The molecule has 0 aromatic heterocycles. The Hall–Kier alpha value is 0.210. The Morgan fingerprint density at radius 1 is 0.941 bits per heavy atom. The highest BCUT2D eigenvalue weighted by atomic mass is 35.5. The summed E-state index contributed by atoms with van der Waals surface area (Å²) in [5, 5.41) is 10.7. The molecule has 4 aliphatic carbocycles. The van der Waals surface area contributed by atoms with Gasteiger partial charge in [-0.25, -0.2) is 0 Å². The number of likely N-dealkylation sites (tertiary alicyclic amines) is 1. The lowest BCUT2D eigenvalue weighted by Crippen LogP contribution is -2.64. The van der Waals surface area contributed by atoms with E-state index in [2.05, 4.69) is 4.90 Å². The van der Waals surface area contributed by atoms with Crippen molar-refractivity contribution in [3.8, 4) is 0 Å². The molecule has 3 heteroatoms. The predicted molar refractivity (Wildman–Crippen MR) is 70.4 cm³/mol. The Balaban J connectivity index is 0.000000902. The molecule has 5 fully saturated rings. The predicted octanol–water partition coefficient (Wildman–Crippen LogP) is 2.59. The Morgan fingerprint density at radius 2 is 1.53 bits per heavy atom. The molecule has 0 amide bonds. The van der Waals surface area contributed by atoms with Gasteiger partial charge in [-0.2, -0.15) is 0 Å². The zero-order valence-corrected chi connectivity index (χ0v) is 11.3. The lowest BCUT2D eigenvalue weighted by molar-refractivity contribution is -0.171. The van der Waals surface area contributed by atoms with Crippen molar-refractivity contribution in [3.05, 3.63) is 0 Å². The van der Waals surface area contributed by atoms with Crippen LogP contribution in [-0.4, -0.2) is 34.2 Å². The first-order chi connectivity index (χ1) is 7.68. The monoisotopic (exact) mass is 257 g/mol. The summed E-state index contributed by atoms with van der Waals surface area (Å²) < 4.78 is 0. The van der Waals surface area contributed by atoms with Crippen LogP contribution in [0.2, 0.25) is 0 Å². The second-order valence-corrected chi connectivity index (χ2v) is 7.10. The van der Waals surface area contributed by atoms with Crippen LogP contribution in [0.15, 0.2) is 0 Å². The van der Waals surface area contributed by atoms with E-state index in [0.717, 1.165) is 31.1 Å². The fourth-order valence-electron chi connectivity index (χ4n) is 5.73. The van der Waals surface area contributed by atoms with Crippen LogP contribution in [0.25, 0.3) is 0 Å². The summed E-state index contributed by atoms with van der Waals surface area (Å²) in [6, 6.07) is 0. The minimum absolute atomic E-state index is 0. The lowest BCUT2D eigenvalue weighted by atomic mass is 9.50. The smallest absolute Gasteiger partial charge is 0.0670 e. The SMILES string of the molecule is Cl.OC12CC3CC(C1)CC(N1CCCC1)(C3)C2. The van der Waals surface area contributed by atoms with Gasteiger partial charge in [0.1, 0.15) is 0 Å². The normalized spacial score (nSPS) is 52.8. The number of aliphatic hydroxyl groups is 1. The highest BCUT2D eigenvalue weighted by Crippen LogP contribution is 2.59. The maximum Gasteiger partial charge on any atom is 0.0670 e. The zero-order chi connectivity index (χ0) is 10.8. The van der Waals surface area contributed by atoms with Crippen molar-refractivity contribution in [2.45, 2.75) is 62.5 Å². The highest BCUT2D eigenvalue weighted by molar-refractivity contribution is 5.85. The van der Waals surface area contributed by atoms with Gasteiger partial charge < -0.3 is 5.11 Å². The first-order valence-electron chi connectivity index (χ1n) is 7.15. The van der Waals surface area contributed by atoms with Crippen molar-refractivity contribution in [1.29, 1.82) is 0 Å². The van der Waals surface area contributed by atoms with Crippen LogP contribution in [0.1, 0.15) is 51.4 Å². The number of nitrogens with zero attached hydrogens (tertiary/aromatic N) is 1. The van der Waals surface area contributed by atoms with Gasteiger partial charge in [-0.1, -0.05) is 0 Å². The topological polar surface area (TPSA) is 23.5 Å². The molecule has 0 aromatic rings. The van der Waals surface area contributed by atoms with E-state index in [1.165, 1.54) is 45.2 Å². The second-order valence-electron chi connectivity index (χ2n) is 7.10. The standard InChI is InChI=1S/C14H23NO.ClH/c16-14-8-11-5-12(9-14)7-13(6-11,10-14)15-3-1-2-4-15;/h11-12,16H,1-10H2;1H. The molecule has 1 heterocycles. The van der Waals surface area contributed by atoms with E-state index >= 15 is 0 Å². The van der Waals surface area contributed by atoms with Gasteiger partial charge in [0.05, 0.1) is 5.60 Å². The second kappa shape index (κ2) is 3.85. The van der Waals surface area contributed by atoms with E-state index in [1.54, 1.807) is 0 Å². The first kappa shape index (κ1) is 12.3. The molecule has 4 saturated carbocycles. The number of halogens is 1. The third-order valence-corrected chi connectivity index (χ3v) is 5.78. The molecule has 1 saturated heterocycles. The minimum Gasteiger partial charge on any atom is -0.390 e. The summed E-state index contributed by atoms with van der Waals surface area (Å²) in [4.78, 5) is 2.75. The molecule has 1 N–H and O–H groups in total. The average Bonchev–Trinajstić information content (AvgIpc) is 2.65. The van der Waals surface area contributed by atoms with Crippen LogP contribution < -0.4 is 0 Å². The van der Waals surface area contributed by atoms with E-state index in [4.69, 9.17) is 0 Å². The van der Waals surface area contributed by atoms with Gasteiger partial charge >= 0.3 is 0 Å². The van der Waals surface area contributed by atoms with Crippen molar-refractivity contribution in [3.63, 3.8) is 0 Å². The van der Waals surface area contributed by atoms with Crippen molar-refractivity contribution in [1.82, 2.24) is 4.90 Å². The molecular formula is C14H24ClNO. The number of hydrogen-bond donors (Lipinski definition) is 1. The van der Waals surface area contributed by atoms with Crippen LogP contribution in [0.3, 0.4) is 0 Å². The fourth-order valence-corrected chi connectivity index (χ4v) is 5.73. The van der Waals surface area contributed by atoms with Gasteiger partial charge in [-0.15, -0.1) is 12.4 Å². The number of hydrogen-bond acceptors (Lipinski definition) is 2. The van der Waals surface area contributed by atoms with Crippen molar-refractivity contribution in [2.75, 3.05) is 13.1 Å². The Kier molecular flexibility index (Phi) is 2.78. The zero-order valence-electron chi connectivity index (χ0n) is 10.5. The van der Waals surface area contributed by atoms with E-state index in [1.807, 2.05) is 0 Å². The molecule has 98 valence electrons. The van der Waals surface area contributed by atoms with Gasteiger partial charge in [0.2, 0.25) is 0 Å². The summed E-state index contributed by atoms with van der Waals surface area (Å²) in [5.74, 6) is 1.68. The third kappa shape index (κ3) is 1.75. The Bertz CT molecular complexity index is 299. The molecule has 0 aromatic carbocycles. The largest absolute Gasteiger partial charge is 0.390 e. The highest BCUT2D eigenvalue weighted by Gasteiger charge is 2.59. The molecule has 1 aliphatic heterocycles. The van der Waals surface area contributed by atoms with E-state index in [-0.39, 0.29) is 18.0 Å². The van der Waals surface area contributed by atoms with E-state index in [0.29, 0.717) is 5.54 Å². The maximum atomic E-state index is 10.7. The Labute approximate surface area is 110 Å². The Morgan fingerprint density at radius 3 is 2.06 bits per heavy atom. The van der Waals surface area contributed by atoms with Gasteiger partial charge in [-0.3, -0.25) is 4.90 Å². The summed E-state index contributed by atoms with van der Waals surface area (Å²) in [6.07, 6.45) is 10.3. The van der Waals surface area contributed by atoms with Crippen LogP contribution in [0.4, 0.5) is 0 Å². The van der Waals surface area contributed by atoms with E-state index in [9.17, 15) is 5.11 Å². The summed E-state index contributed by atoms with van der Waals surface area (Å²) in [6.45, 7) is 2.60. The average molecular weight is 258 g/mol. The molecule has 2 atom stereocenters. The first-order valence-corrected chi connectivity index (χ1v) is 7.15. The van der Waals surface area contributed by atoms with E-state index < -0.39 is 0 Å². The van der Waals surface area contributed by atoms with Crippen molar-refractivity contribution < 1.29 is 5.11 Å². The van der Waals surface area contributed by atoms with Gasteiger partial charge in [0.15, 0.2) is 0 Å². The quantitative estimate of drug-likeness (QED) is 0.781. The van der Waals surface area contributed by atoms with Crippen molar-refractivity contribution >= 4 is 12.4 Å².